The van der Waals surface area contributed by atoms with E-state index in [4.69, 9.17) is 16.7 Å². The van der Waals surface area contributed by atoms with Crippen LogP contribution in [0.1, 0.15) is 6.42 Å². The number of hydrogen-bond donors (Lipinski definition) is 2. The molecule has 0 saturated carbocycles. The van der Waals surface area contributed by atoms with Gasteiger partial charge in [-0.3, -0.25) is 9.59 Å². The second kappa shape index (κ2) is 5.37. The largest absolute Gasteiger partial charge is 0.481 e. The molecule has 2 N–H and O–H groups in total. The summed E-state index contributed by atoms with van der Waals surface area (Å²) in [5, 5.41) is 12.2. The molecule has 0 aliphatic carbocycles. The van der Waals surface area contributed by atoms with E-state index in [1.807, 2.05) is 0 Å². The van der Waals surface area contributed by atoms with Gasteiger partial charge in [0.25, 0.3) is 0 Å². The van der Waals surface area contributed by atoms with Crippen molar-refractivity contribution in [2.75, 3.05) is 18.0 Å². The van der Waals surface area contributed by atoms with E-state index >= 15 is 0 Å². The number of halogens is 1. The zero-order valence-corrected chi connectivity index (χ0v) is 10.4. The summed E-state index contributed by atoms with van der Waals surface area (Å²) >= 11 is 5.88. The van der Waals surface area contributed by atoms with Gasteiger partial charge in [-0.25, -0.2) is 0 Å². The van der Waals surface area contributed by atoms with Gasteiger partial charge in [0.15, 0.2) is 0 Å². The van der Waals surface area contributed by atoms with Crippen molar-refractivity contribution in [1.82, 2.24) is 5.32 Å². The molecule has 2 rings (SSSR count). The molecule has 96 valence electrons. The van der Waals surface area contributed by atoms with E-state index in [0.717, 1.165) is 0 Å². The number of amides is 1. The Hall–Kier alpha value is -1.59. The Morgan fingerprint density at radius 3 is 3.00 bits per heavy atom. The van der Waals surface area contributed by atoms with Crippen LogP contribution in [0.4, 0.5) is 5.69 Å². The van der Waals surface area contributed by atoms with Crippen molar-refractivity contribution >= 4 is 29.2 Å². The smallest absolute Gasteiger partial charge is 0.305 e. The van der Waals surface area contributed by atoms with Gasteiger partial charge >= 0.3 is 5.97 Å². The molecule has 1 aromatic carbocycles. The third-order valence-electron chi connectivity index (χ3n) is 2.79. The summed E-state index contributed by atoms with van der Waals surface area (Å²) in [5.74, 6) is -1.22. The van der Waals surface area contributed by atoms with Gasteiger partial charge in [-0.2, -0.15) is 0 Å². The number of nitrogens with zero attached hydrogens (tertiary/aromatic N) is 1. The summed E-state index contributed by atoms with van der Waals surface area (Å²) in [6, 6.07) is 6.30. The highest BCUT2D eigenvalue weighted by Crippen LogP contribution is 2.21. The van der Waals surface area contributed by atoms with Crippen LogP contribution in [0, 0.1) is 0 Å². The van der Waals surface area contributed by atoms with Crippen LogP contribution in [0.3, 0.4) is 0 Å². The molecule has 1 aromatic rings. The summed E-state index contributed by atoms with van der Waals surface area (Å²) in [7, 11) is 0. The maximum absolute atomic E-state index is 12.1. The SMILES string of the molecule is O=C(O)CC1NCCN(c2cccc(Cl)c2)C1=O. The molecule has 0 spiro atoms. The zero-order chi connectivity index (χ0) is 13.1. The van der Waals surface area contributed by atoms with Gasteiger partial charge < -0.3 is 15.3 Å². The molecular formula is C12H13ClN2O3. The standard InChI is InChI=1S/C12H13ClN2O3/c13-8-2-1-3-9(6-8)15-5-4-14-10(12(15)18)7-11(16)17/h1-3,6,10,14H,4-5,7H2,(H,16,17). The highest BCUT2D eigenvalue weighted by atomic mass is 35.5. The van der Waals surface area contributed by atoms with Crippen molar-refractivity contribution in [3.63, 3.8) is 0 Å². The van der Waals surface area contributed by atoms with Gasteiger partial charge in [0.1, 0.15) is 0 Å². The Kier molecular flexibility index (Phi) is 3.84. The molecule has 0 aromatic heterocycles. The first-order chi connectivity index (χ1) is 8.58. The maximum Gasteiger partial charge on any atom is 0.305 e. The zero-order valence-electron chi connectivity index (χ0n) is 9.60. The number of aliphatic carboxylic acids is 1. The van der Waals surface area contributed by atoms with Crippen molar-refractivity contribution in [3.8, 4) is 0 Å². The first-order valence-electron chi connectivity index (χ1n) is 5.60. The Balaban J connectivity index is 2.18. The second-order valence-corrected chi connectivity index (χ2v) is 4.51. The van der Waals surface area contributed by atoms with Gasteiger partial charge in [-0.1, -0.05) is 17.7 Å². The minimum atomic E-state index is -0.992. The van der Waals surface area contributed by atoms with Crippen LogP contribution in [-0.4, -0.2) is 36.1 Å². The lowest BCUT2D eigenvalue weighted by Crippen LogP contribution is -2.55. The molecule has 0 radical (unpaired) electrons. The monoisotopic (exact) mass is 268 g/mol. The van der Waals surface area contributed by atoms with E-state index < -0.39 is 12.0 Å². The predicted molar refractivity (Wildman–Crippen MR) is 67.8 cm³/mol. The Labute approximate surface area is 109 Å². The van der Waals surface area contributed by atoms with E-state index in [0.29, 0.717) is 23.8 Å². The van der Waals surface area contributed by atoms with E-state index in [-0.39, 0.29) is 12.3 Å². The van der Waals surface area contributed by atoms with Crippen LogP contribution in [0.5, 0.6) is 0 Å². The van der Waals surface area contributed by atoms with E-state index in [2.05, 4.69) is 5.32 Å². The summed E-state index contributed by atoms with van der Waals surface area (Å²) < 4.78 is 0. The number of nitrogens with one attached hydrogen (secondary N) is 1. The van der Waals surface area contributed by atoms with Gasteiger partial charge in [0.2, 0.25) is 5.91 Å². The van der Waals surface area contributed by atoms with Crippen molar-refractivity contribution in [2.45, 2.75) is 12.5 Å². The topological polar surface area (TPSA) is 69.6 Å². The molecule has 1 aliphatic heterocycles. The van der Waals surface area contributed by atoms with Crippen LogP contribution in [-0.2, 0) is 9.59 Å². The maximum atomic E-state index is 12.1. The summed E-state index contributed by atoms with van der Waals surface area (Å²) in [6.45, 7) is 1.07. The Bertz CT molecular complexity index is 478. The fourth-order valence-electron chi connectivity index (χ4n) is 1.97. The number of benzene rings is 1. The van der Waals surface area contributed by atoms with E-state index in [9.17, 15) is 9.59 Å². The number of piperazine rings is 1. The molecule has 18 heavy (non-hydrogen) atoms. The number of carbonyl (C=O) groups excluding carboxylic acids is 1. The molecular weight excluding hydrogens is 256 g/mol. The molecule has 1 saturated heterocycles. The fraction of sp³-hybridized carbons (Fsp3) is 0.333. The number of carboxylic acids is 1. The van der Waals surface area contributed by atoms with Gasteiger partial charge in [-0.15, -0.1) is 0 Å². The molecule has 6 heteroatoms. The van der Waals surface area contributed by atoms with Crippen LogP contribution in [0.2, 0.25) is 5.02 Å². The van der Waals surface area contributed by atoms with Crippen molar-refractivity contribution in [3.05, 3.63) is 29.3 Å². The van der Waals surface area contributed by atoms with Crippen LogP contribution < -0.4 is 10.2 Å². The Morgan fingerprint density at radius 1 is 1.56 bits per heavy atom. The molecule has 1 unspecified atom stereocenters. The molecule has 5 nitrogen and oxygen atoms in total. The average molecular weight is 269 g/mol. The summed E-state index contributed by atoms with van der Waals surface area (Å²) in [6.07, 6.45) is -0.212. The van der Waals surface area contributed by atoms with Gasteiger partial charge in [0, 0.05) is 23.8 Å². The quantitative estimate of drug-likeness (QED) is 0.862. The number of carbonyl (C=O) groups is 2. The first-order valence-corrected chi connectivity index (χ1v) is 5.98. The van der Waals surface area contributed by atoms with Crippen molar-refractivity contribution in [1.29, 1.82) is 0 Å². The second-order valence-electron chi connectivity index (χ2n) is 4.07. The summed E-state index contributed by atoms with van der Waals surface area (Å²) in [4.78, 5) is 24.4. The highest BCUT2D eigenvalue weighted by Gasteiger charge is 2.30. The van der Waals surface area contributed by atoms with Crippen LogP contribution in [0.15, 0.2) is 24.3 Å². The number of carboxylic acid groups (broad SMARTS) is 1. The van der Waals surface area contributed by atoms with Crippen LogP contribution in [0.25, 0.3) is 0 Å². The average Bonchev–Trinajstić information content (AvgIpc) is 2.31. The van der Waals surface area contributed by atoms with Gasteiger partial charge in [-0.05, 0) is 18.2 Å². The van der Waals surface area contributed by atoms with E-state index in [1.54, 1.807) is 29.2 Å². The molecule has 1 amide bonds. The minimum Gasteiger partial charge on any atom is -0.481 e. The molecule has 1 fully saturated rings. The van der Waals surface area contributed by atoms with Gasteiger partial charge in [0.05, 0.1) is 12.5 Å². The van der Waals surface area contributed by atoms with E-state index in [1.165, 1.54) is 0 Å². The molecule has 1 heterocycles. The molecule has 1 aliphatic rings. The lowest BCUT2D eigenvalue weighted by Gasteiger charge is -2.32. The number of anilines is 1. The first kappa shape index (κ1) is 12.9. The third kappa shape index (κ3) is 2.80. The number of hydrogen-bond acceptors (Lipinski definition) is 3. The predicted octanol–water partition coefficient (Wildman–Crippen LogP) is 1.12. The minimum absolute atomic E-state index is 0.212. The fourth-order valence-corrected chi connectivity index (χ4v) is 2.16. The van der Waals surface area contributed by atoms with Crippen molar-refractivity contribution < 1.29 is 14.7 Å². The Morgan fingerprint density at radius 2 is 2.33 bits per heavy atom. The molecule has 1 atom stereocenters. The molecule has 0 bridgehead atoms. The summed E-state index contributed by atoms with van der Waals surface area (Å²) in [5.41, 5.74) is 0.699. The van der Waals surface area contributed by atoms with Crippen molar-refractivity contribution in [2.24, 2.45) is 0 Å². The lowest BCUT2D eigenvalue weighted by atomic mass is 10.1. The lowest BCUT2D eigenvalue weighted by molar-refractivity contribution is -0.139. The normalized spacial score (nSPS) is 19.9. The van der Waals surface area contributed by atoms with Crippen LogP contribution >= 0.6 is 11.6 Å². The third-order valence-corrected chi connectivity index (χ3v) is 3.02. The highest BCUT2D eigenvalue weighted by molar-refractivity contribution is 6.30. The number of rotatable bonds is 3.